The maximum absolute atomic E-state index is 6.91. The topological polar surface area (TPSA) is 15.7 Å². The summed E-state index contributed by atoms with van der Waals surface area (Å²) in [6.07, 6.45) is 2.23. The summed E-state index contributed by atoms with van der Waals surface area (Å²) in [6.45, 7) is 25.5. The molecule has 1 heterocycles. The lowest BCUT2D eigenvalue weighted by molar-refractivity contribution is 0.375. The van der Waals surface area contributed by atoms with Crippen molar-refractivity contribution in [2.75, 3.05) is 16.5 Å². The average Bonchev–Trinajstić information content (AvgIpc) is 2.94. The zero-order chi connectivity index (χ0) is 23.3. The number of anilines is 2. The smallest absolute Gasteiger partial charge is 0.252 e. The Balaban J connectivity index is 2.12. The Kier molecular flexibility index (Phi) is 6.09. The molecule has 0 atom stereocenters. The number of aryl methyl sites for hydroxylation is 6. The van der Waals surface area contributed by atoms with Gasteiger partial charge < -0.3 is 9.33 Å². The van der Waals surface area contributed by atoms with Gasteiger partial charge in [-0.1, -0.05) is 56.2 Å². The number of benzene rings is 2. The predicted octanol–water partition coefficient (Wildman–Crippen LogP) is 7.64. The lowest BCUT2D eigenvalue weighted by atomic mass is 10.0. The summed E-state index contributed by atoms with van der Waals surface area (Å²) in [7, 11) is -1.99. The minimum atomic E-state index is -1.99. The van der Waals surface area contributed by atoms with E-state index in [9.17, 15) is 0 Å². The van der Waals surface area contributed by atoms with Crippen molar-refractivity contribution in [1.29, 1.82) is 0 Å². The van der Waals surface area contributed by atoms with Crippen molar-refractivity contribution in [3.8, 4) is 0 Å². The predicted molar refractivity (Wildman–Crippen MR) is 137 cm³/mol. The molecule has 0 saturated carbocycles. The van der Waals surface area contributed by atoms with Gasteiger partial charge in [-0.05, 0) is 81.9 Å². The summed E-state index contributed by atoms with van der Waals surface area (Å²) in [6, 6.07) is 9.10. The number of rotatable bonds is 4. The maximum Gasteiger partial charge on any atom is 0.252 e. The lowest BCUT2D eigenvalue weighted by Gasteiger charge is -2.39. The highest BCUT2D eigenvalue weighted by molar-refractivity contribution is 6.74. The molecule has 2 aromatic rings. The van der Waals surface area contributed by atoms with E-state index in [1.54, 1.807) is 0 Å². The molecule has 0 N–H and O–H groups in total. The van der Waals surface area contributed by atoms with Crippen molar-refractivity contribution >= 4 is 19.7 Å². The van der Waals surface area contributed by atoms with E-state index in [1.165, 1.54) is 44.8 Å². The molecule has 0 unspecified atom stereocenters. The molecule has 3 rings (SSSR count). The third kappa shape index (κ3) is 4.54. The lowest BCUT2D eigenvalue weighted by Crippen LogP contribution is -2.42. The molecule has 1 aliphatic heterocycles. The molecule has 0 bridgehead atoms. The zero-order valence-corrected chi connectivity index (χ0v) is 22.4. The van der Waals surface area contributed by atoms with Crippen LogP contribution in [0, 0.1) is 41.5 Å². The van der Waals surface area contributed by atoms with Gasteiger partial charge in [-0.2, -0.15) is 0 Å². The Morgan fingerprint density at radius 2 is 1.16 bits per heavy atom. The summed E-state index contributed by atoms with van der Waals surface area (Å²) < 4.78 is 6.91. The van der Waals surface area contributed by atoms with E-state index in [2.05, 4.69) is 116 Å². The Morgan fingerprint density at radius 3 is 1.58 bits per heavy atom. The number of hydrogen-bond donors (Lipinski definition) is 0. The van der Waals surface area contributed by atoms with Crippen molar-refractivity contribution in [2.45, 2.75) is 80.4 Å². The SMILES string of the molecule is Cc1cc(C)c(N2C=C(O[Si](C)(C)C(C)(C)C)N(c3c(C)cc(C)cc3C)C2)c(C)c1. The van der Waals surface area contributed by atoms with Crippen LogP contribution in [0.15, 0.2) is 36.3 Å². The Hall–Kier alpha value is -2.20. The first kappa shape index (κ1) is 23.5. The molecule has 0 spiro atoms. The van der Waals surface area contributed by atoms with Gasteiger partial charge in [-0.3, -0.25) is 4.90 Å². The van der Waals surface area contributed by atoms with Gasteiger partial charge in [0.25, 0.3) is 8.32 Å². The summed E-state index contributed by atoms with van der Waals surface area (Å²) in [5.74, 6) is 0.973. The molecule has 0 fully saturated rings. The molecular weight excluding hydrogens is 396 g/mol. The molecular formula is C27H40N2OSi. The Morgan fingerprint density at radius 1 is 0.742 bits per heavy atom. The summed E-state index contributed by atoms with van der Waals surface area (Å²) >= 11 is 0. The third-order valence-corrected chi connectivity index (χ3v) is 11.2. The maximum atomic E-state index is 6.91. The highest BCUT2D eigenvalue weighted by Crippen LogP contribution is 2.42. The largest absolute Gasteiger partial charge is 0.531 e. The summed E-state index contributed by atoms with van der Waals surface area (Å²) in [5, 5.41) is 0.139. The van der Waals surface area contributed by atoms with Crippen LogP contribution in [0.2, 0.25) is 18.1 Å². The van der Waals surface area contributed by atoms with Gasteiger partial charge >= 0.3 is 0 Å². The van der Waals surface area contributed by atoms with Gasteiger partial charge in [-0.25, -0.2) is 0 Å². The normalized spacial score (nSPS) is 14.9. The van der Waals surface area contributed by atoms with Crippen molar-refractivity contribution in [3.63, 3.8) is 0 Å². The fraction of sp³-hybridized carbons (Fsp3) is 0.481. The summed E-state index contributed by atoms with van der Waals surface area (Å²) in [4.78, 5) is 4.74. The van der Waals surface area contributed by atoms with Gasteiger partial charge in [0, 0.05) is 5.69 Å². The molecule has 0 amide bonds. The van der Waals surface area contributed by atoms with Crippen LogP contribution in [0.3, 0.4) is 0 Å². The highest BCUT2D eigenvalue weighted by atomic mass is 28.4. The fourth-order valence-corrected chi connectivity index (χ4v) is 5.49. The van der Waals surface area contributed by atoms with Crippen LogP contribution in [-0.4, -0.2) is 15.0 Å². The first-order chi connectivity index (χ1) is 14.2. The van der Waals surface area contributed by atoms with E-state index >= 15 is 0 Å². The van der Waals surface area contributed by atoms with Crippen LogP contribution in [0.1, 0.15) is 54.2 Å². The molecule has 4 heteroatoms. The second-order valence-electron chi connectivity index (χ2n) is 10.9. The van der Waals surface area contributed by atoms with Gasteiger partial charge in [0.15, 0.2) is 5.88 Å². The van der Waals surface area contributed by atoms with Crippen LogP contribution >= 0.6 is 0 Å². The quantitative estimate of drug-likeness (QED) is 0.458. The monoisotopic (exact) mass is 436 g/mol. The van der Waals surface area contributed by atoms with Crippen molar-refractivity contribution in [3.05, 3.63) is 69.7 Å². The van der Waals surface area contributed by atoms with Crippen LogP contribution in [0.5, 0.6) is 0 Å². The van der Waals surface area contributed by atoms with Gasteiger partial charge in [0.05, 0.1) is 11.9 Å². The molecule has 0 aliphatic carbocycles. The van der Waals surface area contributed by atoms with Crippen LogP contribution in [-0.2, 0) is 4.43 Å². The molecule has 0 radical (unpaired) electrons. The number of nitrogens with zero attached hydrogens (tertiary/aromatic N) is 2. The molecule has 1 aliphatic rings. The Bertz CT molecular complexity index is 984. The van der Waals surface area contributed by atoms with Crippen LogP contribution in [0.4, 0.5) is 11.4 Å². The van der Waals surface area contributed by atoms with Gasteiger partial charge in [0.1, 0.15) is 6.67 Å². The molecule has 0 saturated heterocycles. The van der Waals surface area contributed by atoms with Crippen molar-refractivity contribution in [2.24, 2.45) is 0 Å². The van der Waals surface area contributed by atoms with Crippen LogP contribution in [0.25, 0.3) is 0 Å². The first-order valence-electron chi connectivity index (χ1n) is 11.3. The first-order valence-corrected chi connectivity index (χ1v) is 14.2. The van der Waals surface area contributed by atoms with Crippen molar-refractivity contribution < 1.29 is 4.43 Å². The van der Waals surface area contributed by atoms with Crippen molar-refractivity contribution in [1.82, 2.24) is 0 Å². The standard InChI is InChI=1S/C27H40N2OSi/c1-18-12-20(3)25(21(4)13-18)28-16-24(30-31(10,11)27(7,8)9)29(17-28)26-22(5)14-19(2)15-23(26)6/h12-16H,17H2,1-11H3. The minimum Gasteiger partial charge on any atom is -0.531 e. The van der Waals surface area contributed by atoms with E-state index in [0.717, 1.165) is 12.6 Å². The second kappa shape index (κ2) is 8.05. The van der Waals surface area contributed by atoms with E-state index < -0.39 is 8.32 Å². The Labute approximate surface area is 190 Å². The third-order valence-electron chi connectivity index (χ3n) is 6.82. The van der Waals surface area contributed by atoms with E-state index in [4.69, 9.17) is 4.43 Å². The fourth-order valence-electron chi connectivity index (χ4n) is 4.50. The number of hydrogen-bond acceptors (Lipinski definition) is 3. The molecule has 0 aromatic heterocycles. The average molecular weight is 437 g/mol. The second-order valence-corrected chi connectivity index (χ2v) is 15.6. The van der Waals surface area contributed by atoms with Crippen LogP contribution < -0.4 is 9.80 Å². The van der Waals surface area contributed by atoms with E-state index in [1.807, 2.05) is 0 Å². The van der Waals surface area contributed by atoms with Gasteiger partial charge in [0.2, 0.25) is 0 Å². The molecule has 168 valence electrons. The molecule has 31 heavy (non-hydrogen) atoms. The van der Waals surface area contributed by atoms with E-state index in [0.29, 0.717) is 0 Å². The summed E-state index contributed by atoms with van der Waals surface area (Å²) in [5.41, 5.74) is 10.4. The van der Waals surface area contributed by atoms with E-state index in [-0.39, 0.29) is 5.04 Å². The molecule has 3 nitrogen and oxygen atoms in total. The minimum absolute atomic E-state index is 0.139. The molecule has 2 aromatic carbocycles. The zero-order valence-electron chi connectivity index (χ0n) is 21.4. The highest BCUT2D eigenvalue weighted by Gasteiger charge is 2.42. The van der Waals surface area contributed by atoms with Gasteiger partial charge in [-0.15, -0.1) is 0 Å².